The van der Waals surface area contributed by atoms with Crippen LogP contribution >= 0.6 is 0 Å². The van der Waals surface area contributed by atoms with Crippen molar-refractivity contribution in [2.75, 3.05) is 19.8 Å². The average molecular weight is 591 g/mol. The van der Waals surface area contributed by atoms with E-state index in [-0.39, 0.29) is 30.9 Å². The van der Waals surface area contributed by atoms with E-state index in [1.807, 2.05) is 0 Å². The molecule has 3 fully saturated rings. The third-order valence-electron chi connectivity index (χ3n) is 7.46. The van der Waals surface area contributed by atoms with Crippen LogP contribution in [0.5, 0.6) is 0 Å². The van der Waals surface area contributed by atoms with Crippen LogP contribution in [-0.2, 0) is 33.2 Å². The van der Waals surface area contributed by atoms with E-state index < -0.39 is 66.9 Å². The van der Waals surface area contributed by atoms with Crippen molar-refractivity contribution >= 4 is 17.9 Å². The van der Waals surface area contributed by atoms with E-state index >= 15 is 0 Å². The molecule has 8 atom stereocenters. The van der Waals surface area contributed by atoms with Gasteiger partial charge in [0.05, 0.1) is 29.9 Å². The summed E-state index contributed by atoms with van der Waals surface area (Å²) < 4.78 is 41.1. The summed E-state index contributed by atoms with van der Waals surface area (Å²) in [6, 6.07) is 25.0. The standard InChI is InChI=1S/C32H30O11/c33-22-16-37-23-17-38-25(22)26(23)43-32-28(42-31(36)21-14-8-3-9-15-21)27(41-30(35)20-12-6-2-7-13-20)24(40-32)18-39-29(34)19-10-4-1-5-11-19/h1-15,22-28,32-33H,16-18H2/t22-,23-,24+,25-,26-,27+,28-,32+/m0/s1. The van der Waals surface area contributed by atoms with Crippen LogP contribution in [0.25, 0.3) is 0 Å². The number of aliphatic hydroxyl groups excluding tert-OH is 1. The Labute approximate surface area is 247 Å². The van der Waals surface area contributed by atoms with Gasteiger partial charge in [0.15, 0.2) is 18.5 Å². The fourth-order valence-electron chi connectivity index (χ4n) is 5.27. The third-order valence-corrected chi connectivity index (χ3v) is 7.46. The van der Waals surface area contributed by atoms with Gasteiger partial charge in [-0.25, -0.2) is 14.4 Å². The van der Waals surface area contributed by atoms with Crippen molar-refractivity contribution in [3.05, 3.63) is 108 Å². The second-order valence-electron chi connectivity index (χ2n) is 10.3. The summed E-state index contributed by atoms with van der Waals surface area (Å²) in [6.07, 6.45) is -7.77. The minimum absolute atomic E-state index is 0.0858. The van der Waals surface area contributed by atoms with Crippen molar-refractivity contribution in [1.29, 1.82) is 0 Å². The number of carbonyl (C=O) groups excluding carboxylic acids is 3. The van der Waals surface area contributed by atoms with E-state index in [9.17, 15) is 19.5 Å². The summed E-state index contributed by atoms with van der Waals surface area (Å²) in [5.41, 5.74) is 0.837. The van der Waals surface area contributed by atoms with E-state index in [0.29, 0.717) is 5.56 Å². The Morgan fingerprint density at radius 2 is 1.21 bits per heavy atom. The number of esters is 3. The van der Waals surface area contributed by atoms with Gasteiger partial charge in [0.2, 0.25) is 0 Å². The molecule has 0 aromatic heterocycles. The molecule has 3 heterocycles. The van der Waals surface area contributed by atoms with Crippen LogP contribution < -0.4 is 0 Å². The Hall–Kier alpha value is -4.13. The molecule has 224 valence electrons. The summed E-state index contributed by atoms with van der Waals surface area (Å²) >= 11 is 0. The van der Waals surface area contributed by atoms with Gasteiger partial charge < -0.3 is 38.3 Å². The lowest BCUT2D eigenvalue weighted by atomic mass is 10.0. The Kier molecular flexibility index (Phi) is 8.77. The average Bonchev–Trinajstić information content (AvgIpc) is 3.52. The summed E-state index contributed by atoms with van der Waals surface area (Å²) in [5.74, 6) is -2.02. The van der Waals surface area contributed by atoms with Crippen LogP contribution in [0.2, 0.25) is 0 Å². The maximum Gasteiger partial charge on any atom is 0.338 e. The molecule has 0 unspecified atom stereocenters. The molecular formula is C32H30O11. The molecule has 3 aromatic rings. The molecular weight excluding hydrogens is 560 g/mol. The molecule has 0 spiro atoms. The van der Waals surface area contributed by atoms with Crippen LogP contribution in [-0.4, -0.2) is 91.9 Å². The number of benzene rings is 3. The molecule has 0 radical (unpaired) electrons. The highest BCUT2D eigenvalue weighted by molar-refractivity contribution is 5.91. The predicted octanol–water partition coefficient (Wildman–Crippen LogP) is 2.56. The summed E-state index contributed by atoms with van der Waals surface area (Å²) in [6.45, 7) is -0.0620. The number of fused-ring (bicyclic) bond motifs is 2. The molecule has 0 saturated carbocycles. The molecule has 11 nitrogen and oxygen atoms in total. The SMILES string of the molecule is O=C(OC[C@H]1O[C@H](O[C@@H]2[C@H]3OC[C@@H]2OC[C@@H]3O)[C@@H](OC(=O)c2ccccc2)[C@@H]1OC(=O)c1ccccc1)c1ccccc1. The minimum atomic E-state index is -1.28. The molecule has 1 N–H and O–H groups in total. The molecule has 3 aromatic carbocycles. The van der Waals surface area contributed by atoms with Gasteiger partial charge in [0, 0.05) is 0 Å². The van der Waals surface area contributed by atoms with Crippen molar-refractivity contribution in [3.8, 4) is 0 Å². The van der Waals surface area contributed by atoms with E-state index in [1.54, 1.807) is 91.0 Å². The van der Waals surface area contributed by atoms with Crippen molar-refractivity contribution in [2.24, 2.45) is 0 Å². The third kappa shape index (κ3) is 6.46. The smallest absolute Gasteiger partial charge is 0.338 e. The number of aliphatic hydroxyl groups is 1. The van der Waals surface area contributed by atoms with Crippen molar-refractivity contribution < 1.29 is 52.6 Å². The predicted molar refractivity (Wildman–Crippen MR) is 147 cm³/mol. The molecule has 6 rings (SSSR count). The Balaban J connectivity index is 1.28. The lowest BCUT2D eigenvalue weighted by Crippen LogP contribution is -2.52. The number of hydrogen-bond acceptors (Lipinski definition) is 11. The van der Waals surface area contributed by atoms with E-state index in [0.717, 1.165) is 0 Å². The molecule has 0 aliphatic carbocycles. The first kappa shape index (κ1) is 29.0. The van der Waals surface area contributed by atoms with Crippen molar-refractivity contribution in [1.82, 2.24) is 0 Å². The zero-order chi connectivity index (χ0) is 29.8. The summed E-state index contributed by atoms with van der Waals surface area (Å²) in [7, 11) is 0. The Morgan fingerprint density at radius 3 is 1.79 bits per heavy atom. The molecule has 3 saturated heterocycles. The second-order valence-corrected chi connectivity index (χ2v) is 10.3. The van der Waals surface area contributed by atoms with Gasteiger partial charge in [-0.1, -0.05) is 54.6 Å². The first-order valence-electron chi connectivity index (χ1n) is 13.9. The van der Waals surface area contributed by atoms with Crippen LogP contribution in [0.15, 0.2) is 91.0 Å². The van der Waals surface area contributed by atoms with Crippen LogP contribution in [0.4, 0.5) is 0 Å². The largest absolute Gasteiger partial charge is 0.459 e. The maximum absolute atomic E-state index is 13.2. The van der Waals surface area contributed by atoms with Gasteiger partial charge in [0.25, 0.3) is 0 Å². The first-order chi connectivity index (χ1) is 21.0. The molecule has 43 heavy (non-hydrogen) atoms. The van der Waals surface area contributed by atoms with E-state index in [4.69, 9.17) is 33.2 Å². The number of carbonyl (C=O) groups is 3. The van der Waals surface area contributed by atoms with Gasteiger partial charge in [-0.2, -0.15) is 0 Å². The quantitative estimate of drug-likeness (QED) is 0.291. The Bertz CT molecular complexity index is 1400. The first-order valence-corrected chi connectivity index (χ1v) is 13.9. The normalized spacial score (nSPS) is 29.5. The fourth-order valence-corrected chi connectivity index (χ4v) is 5.27. The van der Waals surface area contributed by atoms with Gasteiger partial charge in [-0.3, -0.25) is 0 Å². The van der Waals surface area contributed by atoms with Crippen molar-refractivity contribution in [3.63, 3.8) is 0 Å². The highest BCUT2D eigenvalue weighted by atomic mass is 16.8. The topological polar surface area (TPSA) is 136 Å². The highest BCUT2D eigenvalue weighted by Crippen LogP contribution is 2.35. The highest BCUT2D eigenvalue weighted by Gasteiger charge is 2.55. The van der Waals surface area contributed by atoms with Gasteiger partial charge >= 0.3 is 17.9 Å². The fraction of sp³-hybridized carbons (Fsp3) is 0.344. The Morgan fingerprint density at radius 1 is 0.674 bits per heavy atom. The van der Waals surface area contributed by atoms with Crippen LogP contribution in [0.1, 0.15) is 31.1 Å². The van der Waals surface area contributed by atoms with Crippen molar-refractivity contribution in [2.45, 2.75) is 49.0 Å². The monoisotopic (exact) mass is 590 g/mol. The molecule has 11 heteroatoms. The second kappa shape index (κ2) is 13.0. The summed E-state index contributed by atoms with van der Waals surface area (Å²) in [5, 5.41) is 10.4. The van der Waals surface area contributed by atoms with E-state index in [1.165, 1.54) is 0 Å². The van der Waals surface area contributed by atoms with Crippen LogP contribution in [0.3, 0.4) is 0 Å². The van der Waals surface area contributed by atoms with Gasteiger partial charge in [0.1, 0.15) is 37.1 Å². The molecule has 3 aliphatic heterocycles. The van der Waals surface area contributed by atoms with E-state index in [2.05, 4.69) is 0 Å². The lowest BCUT2D eigenvalue weighted by molar-refractivity contribution is -0.239. The van der Waals surface area contributed by atoms with Gasteiger partial charge in [-0.15, -0.1) is 0 Å². The number of hydrogen-bond donors (Lipinski definition) is 1. The zero-order valence-electron chi connectivity index (χ0n) is 22.9. The molecule has 3 aliphatic rings. The molecule has 2 bridgehead atoms. The van der Waals surface area contributed by atoms with Gasteiger partial charge in [-0.05, 0) is 36.4 Å². The minimum Gasteiger partial charge on any atom is -0.459 e. The lowest BCUT2D eigenvalue weighted by Gasteiger charge is -2.34. The number of ether oxygens (including phenoxy) is 7. The number of rotatable bonds is 9. The summed E-state index contributed by atoms with van der Waals surface area (Å²) in [4.78, 5) is 39.2. The molecule has 0 amide bonds. The van der Waals surface area contributed by atoms with Crippen LogP contribution in [0, 0.1) is 0 Å². The zero-order valence-corrected chi connectivity index (χ0v) is 22.9. The maximum atomic E-state index is 13.2.